The van der Waals surface area contributed by atoms with Gasteiger partial charge < -0.3 is 15.2 Å². The summed E-state index contributed by atoms with van der Waals surface area (Å²) >= 11 is 0. The van der Waals surface area contributed by atoms with Crippen molar-refractivity contribution in [2.45, 2.75) is 19.9 Å². The Kier molecular flexibility index (Phi) is 5.19. The number of hydrogen-bond donors (Lipinski definition) is 1. The first kappa shape index (κ1) is 13.8. The van der Waals surface area contributed by atoms with Crippen LogP contribution in [0.25, 0.3) is 10.8 Å². The number of benzene rings is 2. The first-order valence-corrected chi connectivity index (χ1v) is 6.78. The van der Waals surface area contributed by atoms with E-state index in [2.05, 4.69) is 19.1 Å². The average Bonchev–Trinajstić information content (AvgIpc) is 2.47. The fourth-order valence-corrected chi connectivity index (χ4v) is 2.09. The van der Waals surface area contributed by atoms with Crippen molar-refractivity contribution in [1.29, 1.82) is 0 Å². The van der Waals surface area contributed by atoms with Gasteiger partial charge in [-0.3, -0.25) is 0 Å². The lowest BCUT2D eigenvalue weighted by Gasteiger charge is -2.12. The summed E-state index contributed by atoms with van der Waals surface area (Å²) in [5.41, 5.74) is 6.90. The SMILES string of the molecule is CCCOCCOc1ccc(CN)c2ccccc12. The molecule has 0 fully saturated rings. The molecule has 0 aromatic heterocycles. The van der Waals surface area contributed by atoms with E-state index in [0.29, 0.717) is 19.8 Å². The van der Waals surface area contributed by atoms with Crippen LogP contribution in [0.1, 0.15) is 18.9 Å². The maximum Gasteiger partial charge on any atom is 0.127 e. The van der Waals surface area contributed by atoms with Gasteiger partial charge in [-0.05, 0) is 23.4 Å². The van der Waals surface area contributed by atoms with E-state index in [-0.39, 0.29) is 0 Å². The molecule has 0 radical (unpaired) electrons. The van der Waals surface area contributed by atoms with Gasteiger partial charge in [-0.25, -0.2) is 0 Å². The molecule has 19 heavy (non-hydrogen) atoms. The van der Waals surface area contributed by atoms with Crippen LogP contribution in [0.2, 0.25) is 0 Å². The molecule has 0 aliphatic carbocycles. The molecule has 0 aliphatic rings. The maximum absolute atomic E-state index is 5.80. The van der Waals surface area contributed by atoms with Gasteiger partial charge in [-0.1, -0.05) is 37.3 Å². The second kappa shape index (κ2) is 7.12. The quantitative estimate of drug-likeness (QED) is 0.777. The summed E-state index contributed by atoms with van der Waals surface area (Å²) in [6.45, 7) is 4.63. The Hall–Kier alpha value is -1.58. The third-order valence-electron chi connectivity index (χ3n) is 3.03. The van der Waals surface area contributed by atoms with Crippen LogP contribution < -0.4 is 10.5 Å². The van der Waals surface area contributed by atoms with Crippen molar-refractivity contribution < 1.29 is 9.47 Å². The zero-order valence-electron chi connectivity index (χ0n) is 11.4. The van der Waals surface area contributed by atoms with Crippen LogP contribution in [0.3, 0.4) is 0 Å². The number of rotatable bonds is 7. The average molecular weight is 259 g/mol. The van der Waals surface area contributed by atoms with Gasteiger partial charge in [-0.15, -0.1) is 0 Å². The zero-order valence-corrected chi connectivity index (χ0v) is 11.4. The van der Waals surface area contributed by atoms with Gasteiger partial charge in [0.2, 0.25) is 0 Å². The number of nitrogens with two attached hydrogens (primary N) is 1. The highest BCUT2D eigenvalue weighted by Crippen LogP contribution is 2.28. The highest BCUT2D eigenvalue weighted by atomic mass is 16.5. The summed E-state index contributed by atoms with van der Waals surface area (Å²) in [7, 11) is 0. The molecule has 2 N–H and O–H groups in total. The molecule has 0 bridgehead atoms. The van der Waals surface area contributed by atoms with E-state index in [4.69, 9.17) is 15.2 Å². The lowest BCUT2D eigenvalue weighted by atomic mass is 10.0. The Balaban J connectivity index is 2.11. The number of fused-ring (bicyclic) bond motifs is 1. The van der Waals surface area contributed by atoms with E-state index < -0.39 is 0 Å². The molecule has 102 valence electrons. The minimum absolute atomic E-state index is 0.542. The molecule has 0 atom stereocenters. The lowest BCUT2D eigenvalue weighted by Crippen LogP contribution is -2.07. The van der Waals surface area contributed by atoms with Crippen molar-refractivity contribution >= 4 is 10.8 Å². The highest BCUT2D eigenvalue weighted by molar-refractivity contribution is 5.91. The van der Waals surface area contributed by atoms with Gasteiger partial charge in [0.25, 0.3) is 0 Å². The van der Waals surface area contributed by atoms with Crippen molar-refractivity contribution in [3.63, 3.8) is 0 Å². The Morgan fingerprint density at radius 1 is 0.947 bits per heavy atom. The minimum Gasteiger partial charge on any atom is -0.491 e. The molecule has 0 aliphatic heterocycles. The Morgan fingerprint density at radius 2 is 1.74 bits per heavy atom. The van der Waals surface area contributed by atoms with Crippen molar-refractivity contribution in [3.8, 4) is 5.75 Å². The molecule has 0 amide bonds. The first-order valence-electron chi connectivity index (χ1n) is 6.78. The van der Waals surface area contributed by atoms with E-state index in [1.165, 1.54) is 0 Å². The zero-order chi connectivity index (χ0) is 13.5. The largest absolute Gasteiger partial charge is 0.491 e. The van der Waals surface area contributed by atoms with Gasteiger partial charge in [0.1, 0.15) is 12.4 Å². The van der Waals surface area contributed by atoms with Gasteiger partial charge in [-0.2, -0.15) is 0 Å². The van der Waals surface area contributed by atoms with E-state index in [1.807, 2.05) is 24.3 Å². The summed E-state index contributed by atoms with van der Waals surface area (Å²) in [6.07, 6.45) is 1.04. The summed E-state index contributed by atoms with van der Waals surface area (Å²) in [5.74, 6) is 0.896. The molecular weight excluding hydrogens is 238 g/mol. The van der Waals surface area contributed by atoms with Gasteiger partial charge in [0.15, 0.2) is 0 Å². The highest BCUT2D eigenvalue weighted by Gasteiger charge is 2.05. The molecule has 2 aromatic carbocycles. The van der Waals surface area contributed by atoms with Crippen molar-refractivity contribution in [2.75, 3.05) is 19.8 Å². The van der Waals surface area contributed by atoms with Crippen LogP contribution in [-0.4, -0.2) is 19.8 Å². The van der Waals surface area contributed by atoms with Gasteiger partial charge in [0.05, 0.1) is 6.61 Å². The van der Waals surface area contributed by atoms with Crippen molar-refractivity contribution in [3.05, 3.63) is 42.0 Å². The molecule has 0 spiro atoms. The number of hydrogen-bond acceptors (Lipinski definition) is 3. The second-order valence-electron chi connectivity index (χ2n) is 4.43. The molecular formula is C16H21NO2. The maximum atomic E-state index is 5.80. The molecule has 0 saturated heterocycles. The van der Waals surface area contributed by atoms with E-state index >= 15 is 0 Å². The summed E-state index contributed by atoms with van der Waals surface area (Å²) in [5, 5.41) is 2.28. The molecule has 2 aromatic rings. The topological polar surface area (TPSA) is 44.5 Å². The molecule has 3 nitrogen and oxygen atoms in total. The van der Waals surface area contributed by atoms with Gasteiger partial charge >= 0.3 is 0 Å². The number of ether oxygens (including phenoxy) is 2. The molecule has 0 unspecified atom stereocenters. The van der Waals surface area contributed by atoms with E-state index in [0.717, 1.165) is 35.1 Å². The smallest absolute Gasteiger partial charge is 0.127 e. The third-order valence-corrected chi connectivity index (χ3v) is 3.03. The van der Waals surface area contributed by atoms with Crippen molar-refractivity contribution in [2.24, 2.45) is 5.73 Å². The Morgan fingerprint density at radius 3 is 2.47 bits per heavy atom. The molecule has 3 heteroatoms. The van der Waals surface area contributed by atoms with Crippen molar-refractivity contribution in [1.82, 2.24) is 0 Å². The Bertz CT molecular complexity index is 525. The van der Waals surface area contributed by atoms with E-state index in [1.54, 1.807) is 0 Å². The third kappa shape index (κ3) is 3.46. The van der Waals surface area contributed by atoms with E-state index in [9.17, 15) is 0 Å². The van der Waals surface area contributed by atoms with Crippen LogP contribution in [0.15, 0.2) is 36.4 Å². The van der Waals surface area contributed by atoms with Gasteiger partial charge in [0, 0.05) is 18.5 Å². The first-order chi connectivity index (χ1) is 9.36. The molecule has 0 heterocycles. The minimum atomic E-state index is 0.542. The Labute approximate surface area is 114 Å². The predicted octanol–water partition coefficient (Wildman–Crippen LogP) is 3.10. The fraction of sp³-hybridized carbons (Fsp3) is 0.375. The summed E-state index contributed by atoms with van der Waals surface area (Å²) in [4.78, 5) is 0. The normalized spacial score (nSPS) is 10.8. The fourth-order valence-electron chi connectivity index (χ4n) is 2.09. The second-order valence-corrected chi connectivity index (χ2v) is 4.43. The van der Waals surface area contributed by atoms with Crippen LogP contribution in [0.4, 0.5) is 0 Å². The monoisotopic (exact) mass is 259 g/mol. The molecule has 0 saturated carbocycles. The summed E-state index contributed by atoms with van der Waals surface area (Å²) in [6, 6.07) is 12.2. The van der Waals surface area contributed by atoms with Crippen LogP contribution in [0, 0.1) is 0 Å². The lowest BCUT2D eigenvalue weighted by molar-refractivity contribution is 0.101. The molecule has 2 rings (SSSR count). The predicted molar refractivity (Wildman–Crippen MR) is 78.4 cm³/mol. The van der Waals surface area contributed by atoms with Crippen LogP contribution in [0.5, 0.6) is 5.75 Å². The summed E-state index contributed by atoms with van der Waals surface area (Å²) < 4.78 is 11.2. The van der Waals surface area contributed by atoms with Crippen LogP contribution in [-0.2, 0) is 11.3 Å². The van der Waals surface area contributed by atoms with Crippen LogP contribution >= 0.6 is 0 Å². The standard InChI is InChI=1S/C16H21NO2/c1-2-9-18-10-11-19-16-8-7-13(12-17)14-5-3-4-6-15(14)16/h3-8H,2,9-12,17H2,1H3.